The molecule has 0 unspecified atom stereocenters. The van der Waals surface area contributed by atoms with Gasteiger partial charge in [-0.15, -0.1) is 0 Å². The summed E-state index contributed by atoms with van der Waals surface area (Å²) in [5.41, 5.74) is 0.732. The number of anilines is 1. The van der Waals surface area contributed by atoms with E-state index in [-0.39, 0.29) is 5.91 Å². The molecular weight excluding hydrogens is 286 g/mol. The number of rotatable bonds is 6. The molecule has 0 spiro atoms. The highest BCUT2D eigenvalue weighted by atomic mass is 16.1. The van der Waals surface area contributed by atoms with E-state index in [1.807, 2.05) is 12.1 Å². The number of amides is 1. The Morgan fingerprint density at radius 1 is 1.17 bits per heavy atom. The normalized spacial score (nSPS) is 19.0. The van der Waals surface area contributed by atoms with E-state index in [2.05, 4.69) is 15.2 Å². The summed E-state index contributed by atoms with van der Waals surface area (Å²) in [7, 11) is 0. The molecule has 0 aromatic carbocycles. The van der Waals surface area contributed by atoms with Crippen LogP contribution in [0.1, 0.15) is 68.1 Å². The first-order valence-electron chi connectivity index (χ1n) is 9.33. The Balaban J connectivity index is 1.52. The predicted molar refractivity (Wildman–Crippen MR) is 93.8 cm³/mol. The topological polar surface area (TPSA) is 45.2 Å². The lowest BCUT2D eigenvalue weighted by atomic mass is 10.0. The molecule has 4 heteroatoms. The second-order valence-corrected chi connectivity index (χ2v) is 6.97. The van der Waals surface area contributed by atoms with Gasteiger partial charge in [0, 0.05) is 25.8 Å². The second-order valence-electron chi connectivity index (χ2n) is 6.97. The molecule has 1 saturated carbocycles. The average Bonchev–Trinajstić information content (AvgIpc) is 3.13. The maximum absolute atomic E-state index is 12.5. The third kappa shape index (κ3) is 4.46. The molecule has 2 aliphatic rings. The Labute approximate surface area is 139 Å². The van der Waals surface area contributed by atoms with Crippen LogP contribution in [0.3, 0.4) is 0 Å². The average molecular weight is 315 g/mol. The van der Waals surface area contributed by atoms with Crippen molar-refractivity contribution in [3.63, 3.8) is 0 Å². The zero-order chi connectivity index (χ0) is 15.9. The summed E-state index contributed by atoms with van der Waals surface area (Å²) in [6.07, 6.45) is 13.4. The molecular formula is C19H29N3O. The molecule has 0 atom stereocenters. The molecule has 1 amide bonds. The van der Waals surface area contributed by atoms with Crippen molar-refractivity contribution < 1.29 is 4.79 Å². The largest absolute Gasteiger partial charge is 0.356 e. The van der Waals surface area contributed by atoms with E-state index in [4.69, 9.17) is 0 Å². The number of pyridine rings is 1. The minimum absolute atomic E-state index is 0.0325. The number of hydrogen-bond donors (Lipinski definition) is 1. The lowest BCUT2D eigenvalue weighted by Gasteiger charge is -2.29. The number of piperidine rings is 1. The molecule has 0 bridgehead atoms. The van der Waals surface area contributed by atoms with Gasteiger partial charge in [0.2, 0.25) is 0 Å². The molecule has 1 N–H and O–H groups in total. The molecule has 2 heterocycles. The van der Waals surface area contributed by atoms with Crippen molar-refractivity contribution in [3.05, 3.63) is 23.9 Å². The van der Waals surface area contributed by atoms with Crippen LogP contribution in [0, 0.1) is 5.92 Å². The Morgan fingerprint density at radius 2 is 1.96 bits per heavy atom. The number of aromatic nitrogens is 1. The van der Waals surface area contributed by atoms with Crippen LogP contribution in [0.15, 0.2) is 18.3 Å². The first kappa shape index (κ1) is 16.3. The van der Waals surface area contributed by atoms with Crippen LogP contribution < -0.4 is 10.2 Å². The monoisotopic (exact) mass is 315 g/mol. The third-order valence-corrected chi connectivity index (χ3v) is 5.24. The van der Waals surface area contributed by atoms with E-state index < -0.39 is 0 Å². The lowest BCUT2D eigenvalue weighted by Crippen LogP contribution is -2.33. The van der Waals surface area contributed by atoms with Crippen LogP contribution in [0.5, 0.6) is 0 Å². The zero-order valence-corrected chi connectivity index (χ0v) is 14.1. The van der Waals surface area contributed by atoms with Gasteiger partial charge in [-0.25, -0.2) is 4.98 Å². The molecule has 1 saturated heterocycles. The van der Waals surface area contributed by atoms with Crippen molar-refractivity contribution in [2.75, 3.05) is 24.5 Å². The third-order valence-electron chi connectivity index (χ3n) is 5.24. The van der Waals surface area contributed by atoms with Crippen molar-refractivity contribution in [1.82, 2.24) is 10.3 Å². The van der Waals surface area contributed by atoms with E-state index in [0.717, 1.165) is 43.4 Å². The molecule has 1 aromatic rings. The number of nitrogens with zero attached hydrogens (tertiary/aromatic N) is 2. The van der Waals surface area contributed by atoms with Gasteiger partial charge < -0.3 is 10.2 Å². The molecule has 126 valence electrons. The summed E-state index contributed by atoms with van der Waals surface area (Å²) >= 11 is 0. The van der Waals surface area contributed by atoms with Crippen LogP contribution in [0.4, 0.5) is 5.82 Å². The number of hydrogen-bond acceptors (Lipinski definition) is 3. The number of carbonyl (C=O) groups is 1. The van der Waals surface area contributed by atoms with Crippen LogP contribution in [-0.4, -0.2) is 30.5 Å². The molecule has 0 radical (unpaired) electrons. The Bertz CT molecular complexity index is 505. The van der Waals surface area contributed by atoms with Gasteiger partial charge in [0.05, 0.1) is 5.56 Å². The summed E-state index contributed by atoms with van der Waals surface area (Å²) in [6, 6.07) is 3.77. The van der Waals surface area contributed by atoms with Gasteiger partial charge in [0.1, 0.15) is 5.82 Å². The van der Waals surface area contributed by atoms with Gasteiger partial charge in [0.15, 0.2) is 0 Å². The van der Waals surface area contributed by atoms with Crippen molar-refractivity contribution in [2.24, 2.45) is 5.92 Å². The minimum Gasteiger partial charge on any atom is -0.356 e. The summed E-state index contributed by atoms with van der Waals surface area (Å²) < 4.78 is 0. The molecule has 1 aromatic heterocycles. The van der Waals surface area contributed by atoms with Gasteiger partial charge >= 0.3 is 0 Å². The predicted octanol–water partition coefficient (Wildman–Crippen LogP) is 3.77. The van der Waals surface area contributed by atoms with Crippen LogP contribution in [0.25, 0.3) is 0 Å². The van der Waals surface area contributed by atoms with Crippen LogP contribution >= 0.6 is 0 Å². The molecule has 3 rings (SSSR count). The second kappa shape index (κ2) is 8.32. The van der Waals surface area contributed by atoms with E-state index in [9.17, 15) is 4.79 Å². The van der Waals surface area contributed by atoms with Crippen molar-refractivity contribution in [3.8, 4) is 0 Å². The molecule has 4 nitrogen and oxygen atoms in total. The highest BCUT2D eigenvalue weighted by Crippen LogP contribution is 2.28. The SMILES string of the molecule is O=C(NCCCC1CCCC1)c1cccnc1N1CCCCC1. The standard InChI is InChI=1S/C19H29N3O/c23-19(21-13-6-10-16-8-2-3-9-16)17-11-7-12-20-18(17)22-14-4-1-5-15-22/h7,11-12,16H,1-6,8-10,13-15H2,(H,21,23). The van der Waals surface area contributed by atoms with Gasteiger partial charge in [-0.3, -0.25) is 4.79 Å². The summed E-state index contributed by atoms with van der Waals surface area (Å²) in [5, 5.41) is 3.10. The Kier molecular flexibility index (Phi) is 5.89. The van der Waals surface area contributed by atoms with E-state index in [0.29, 0.717) is 0 Å². The first-order valence-corrected chi connectivity index (χ1v) is 9.33. The molecule has 1 aliphatic heterocycles. The fraction of sp³-hybridized carbons (Fsp3) is 0.684. The van der Waals surface area contributed by atoms with Gasteiger partial charge in [-0.1, -0.05) is 25.7 Å². The maximum atomic E-state index is 12.5. The number of carbonyl (C=O) groups excluding carboxylic acids is 1. The van der Waals surface area contributed by atoms with Gasteiger partial charge in [0.25, 0.3) is 5.91 Å². The molecule has 1 aliphatic carbocycles. The van der Waals surface area contributed by atoms with Crippen molar-refractivity contribution >= 4 is 11.7 Å². The first-order chi connectivity index (χ1) is 11.3. The Hall–Kier alpha value is -1.58. The fourth-order valence-corrected chi connectivity index (χ4v) is 3.92. The van der Waals surface area contributed by atoms with E-state index in [1.165, 1.54) is 51.4 Å². The van der Waals surface area contributed by atoms with Crippen molar-refractivity contribution in [1.29, 1.82) is 0 Å². The fourth-order valence-electron chi connectivity index (χ4n) is 3.92. The zero-order valence-electron chi connectivity index (χ0n) is 14.1. The molecule has 23 heavy (non-hydrogen) atoms. The molecule has 2 fully saturated rings. The van der Waals surface area contributed by atoms with E-state index >= 15 is 0 Å². The quantitative estimate of drug-likeness (QED) is 0.813. The lowest BCUT2D eigenvalue weighted by molar-refractivity contribution is 0.0952. The number of nitrogens with one attached hydrogen (secondary N) is 1. The smallest absolute Gasteiger partial charge is 0.255 e. The summed E-state index contributed by atoms with van der Waals surface area (Å²) in [5.74, 6) is 1.79. The maximum Gasteiger partial charge on any atom is 0.255 e. The van der Waals surface area contributed by atoms with Gasteiger partial charge in [-0.05, 0) is 50.2 Å². The van der Waals surface area contributed by atoms with Gasteiger partial charge in [-0.2, -0.15) is 0 Å². The summed E-state index contributed by atoms with van der Waals surface area (Å²) in [4.78, 5) is 19.3. The van der Waals surface area contributed by atoms with Crippen LogP contribution in [0.2, 0.25) is 0 Å². The Morgan fingerprint density at radius 3 is 2.74 bits per heavy atom. The van der Waals surface area contributed by atoms with E-state index in [1.54, 1.807) is 6.20 Å². The van der Waals surface area contributed by atoms with Crippen molar-refractivity contribution in [2.45, 2.75) is 57.8 Å². The highest BCUT2D eigenvalue weighted by molar-refractivity contribution is 5.98. The minimum atomic E-state index is 0.0325. The highest BCUT2D eigenvalue weighted by Gasteiger charge is 2.19. The summed E-state index contributed by atoms with van der Waals surface area (Å²) in [6.45, 7) is 2.81. The van der Waals surface area contributed by atoms with Crippen LogP contribution in [-0.2, 0) is 0 Å².